The van der Waals surface area contributed by atoms with Crippen LogP contribution in [0.25, 0.3) is 11.4 Å². The number of aromatic nitrogens is 2. The number of aromatic carboxylic acids is 1. The molecule has 0 unspecified atom stereocenters. The van der Waals surface area contributed by atoms with E-state index in [4.69, 9.17) is 4.74 Å². The van der Waals surface area contributed by atoms with Gasteiger partial charge in [0.1, 0.15) is 11.6 Å². The third-order valence-corrected chi connectivity index (χ3v) is 2.78. The molecule has 0 atom stereocenters. The van der Waals surface area contributed by atoms with Gasteiger partial charge in [0, 0.05) is 17.2 Å². The molecule has 0 saturated heterocycles. The van der Waals surface area contributed by atoms with Crippen LogP contribution in [0.2, 0.25) is 0 Å². The molecule has 116 valence electrons. The van der Waals surface area contributed by atoms with E-state index in [1.807, 2.05) is 32.9 Å². The van der Waals surface area contributed by atoms with E-state index in [9.17, 15) is 9.90 Å². The highest BCUT2D eigenvalue weighted by Crippen LogP contribution is 2.23. The van der Waals surface area contributed by atoms with Crippen molar-refractivity contribution in [1.82, 2.24) is 9.97 Å². The first-order valence-electron chi connectivity index (χ1n) is 6.83. The van der Waals surface area contributed by atoms with Crippen LogP contribution in [0.15, 0.2) is 30.3 Å². The van der Waals surface area contributed by atoms with Gasteiger partial charge in [-0.2, -0.15) is 0 Å². The van der Waals surface area contributed by atoms with Crippen molar-refractivity contribution in [2.45, 2.75) is 26.3 Å². The Labute approximate surface area is 129 Å². The molecule has 22 heavy (non-hydrogen) atoms. The van der Waals surface area contributed by atoms with E-state index < -0.39 is 5.97 Å². The lowest BCUT2D eigenvalue weighted by molar-refractivity contribution is 0.0690. The Hall–Kier alpha value is -2.63. The molecular formula is C16H19N3O3. The van der Waals surface area contributed by atoms with Crippen molar-refractivity contribution in [3.05, 3.63) is 36.0 Å². The van der Waals surface area contributed by atoms with E-state index in [1.54, 1.807) is 19.2 Å². The van der Waals surface area contributed by atoms with Gasteiger partial charge in [-0.1, -0.05) is 12.1 Å². The van der Waals surface area contributed by atoms with E-state index in [1.165, 1.54) is 6.07 Å². The second kappa shape index (κ2) is 6.01. The summed E-state index contributed by atoms with van der Waals surface area (Å²) in [7, 11) is 1.57. The number of hydrogen-bond donors (Lipinski definition) is 2. The van der Waals surface area contributed by atoms with Gasteiger partial charge in [-0.15, -0.1) is 0 Å². The van der Waals surface area contributed by atoms with Crippen LogP contribution in [0.3, 0.4) is 0 Å². The van der Waals surface area contributed by atoms with Crippen molar-refractivity contribution in [1.29, 1.82) is 0 Å². The van der Waals surface area contributed by atoms with Crippen LogP contribution in [-0.2, 0) is 0 Å². The summed E-state index contributed by atoms with van der Waals surface area (Å²) in [4.78, 5) is 19.8. The molecule has 0 saturated carbocycles. The van der Waals surface area contributed by atoms with Crippen molar-refractivity contribution in [3.8, 4) is 17.1 Å². The number of carbonyl (C=O) groups is 1. The first kappa shape index (κ1) is 15.8. The Morgan fingerprint density at radius 1 is 1.23 bits per heavy atom. The van der Waals surface area contributed by atoms with E-state index in [-0.39, 0.29) is 11.2 Å². The smallest absolute Gasteiger partial charge is 0.354 e. The average Bonchev–Trinajstić information content (AvgIpc) is 2.45. The molecule has 0 aliphatic rings. The molecule has 6 heteroatoms. The van der Waals surface area contributed by atoms with E-state index in [0.29, 0.717) is 23.0 Å². The van der Waals surface area contributed by atoms with Gasteiger partial charge >= 0.3 is 5.97 Å². The third-order valence-electron chi connectivity index (χ3n) is 2.78. The Morgan fingerprint density at radius 3 is 2.55 bits per heavy atom. The minimum Gasteiger partial charge on any atom is -0.497 e. The molecule has 2 rings (SSSR count). The highest BCUT2D eigenvalue weighted by atomic mass is 16.5. The maximum Gasteiger partial charge on any atom is 0.354 e. The Bertz CT molecular complexity index is 693. The Morgan fingerprint density at radius 2 is 1.95 bits per heavy atom. The molecule has 0 spiro atoms. The van der Waals surface area contributed by atoms with Gasteiger partial charge in [-0.25, -0.2) is 14.8 Å². The molecule has 0 amide bonds. The number of hydrogen-bond acceptors (Lipinski definition) is 5. The summed E-state index contributed by atoms with van der Waals surface area (Å²) in [5.74, 6) is 0.374. The number of benzene rings is 1. The van der Waals surface area contributed by atoms with Gasteiger partial charge in [-0.05, 0) is 32.9 Å². The zero-order valence-electron chi connectivity index (χ0n) is 13.0. The first-order valence-corrected chi connectivity index (χ1v) is 6.83. The predicted molar refractivity (Wildman–Crippen MR) is 84.4 cm³/mol. The molecule has 1 aromatic heterocycles. The highest BCUT2D eigenvalue weighted by Gasteiger charge is 2.16. The van der Waals surface area contributed by atoms with Crippen LogP contribution in [0.5, 0.6) is 5.75 Å². The number of nitrogens with one attached hydrogen (secondary N) is 1. The van der Waals surface area contributed by atoms with Gasteiger partial charge in [0.25, 0.3) is 0 Å². The van der Waals surface area contributed by atoms with Gasteiger partial charge in [0.15, 0.2) is 11.5 Å². The zero-order chi connectivity index (χ0) is 16.3. The largest absolute Gasteiger partial charge is 0.497 e. The van der Waals surface area contributed by atoms with E-state index in [0.717, 1.165) is 0 Å². The second-order valence-electron chi connectivity index (χ2n) is 5.87. The van der Waals surface area contributed by atoms with Crippen LogP contribution >= 0.6 is 0 Å². The predicted octanol–water partition coefficient (Wildman–Crippen LogP) is 3.06. The van der Waals surface area contributed by atoms with Crippen molar-refractivity contribution < 1.29 is 14.6 Å². The summed E-state index contributed by atoms with van der Waals surface area (Å²) in [5, 5.41) is 12.4. The summed E-state index contributed by atoms with van der Waals surface area (Å²) in [5.41, 5.74) is 0.398. The fourth-order valence-corrected chi connectivity index (χ4v) is 1.90. The first-order chi connectivity index (χ1) is 10.3. The van der Waals surface area contributed by atoms with Crippen molar-refractivity contribution in [3.63, 3.8) is 0 Å². The molecule has 1 aromatic carbocycles. The number of ether oxygens (including phenoxy) is 1. The Kier molecular flexibility index (Phi) is 4.30. The van der Waals surface area contributed by atoms with Gasteiger partial charge < -0.3 is 15.2 Å². The fraction of sp³-hybridized carbons (Fsp3) is 0.312. The van der Waals surface area contributed by atoms with Crippen molar-refractivity contribution >= 4 is 11.8 Å². The molecule has 0 radical (unpaired) electrons. The maximum absolute atomic E-state index is 11.3. The van der Waals surface area contributed by atoms with Crippen LogP contribution in [-0.4, -0.2) is 33.7 Å². The molecule has 2 aromatic rings. The molecule has 2 N–H and O–H groups in total. The zero-order valence-corrected chi connectivity index (χ0v) is 13.0. The SMILES string of the molecule is COc1cccc(-c2nc(NC(C)(C)C)cc(C(=O)O)n2)c1. The summed E-state index contributed by atoms with van der Waals surface area (Å²) in [6.45, 7) is 5.92. The average molecular weight is 301 g/mol. The lowest BCUT2D eigenvalue weighted by Gasteiger charge is -2.21. The molecule has 0 aliphatic carbocycles. The number of carboxylic acids is 1. The third kappa shape index (κ3) is 3.94. The van der Waals surface area contributed by atoms with Crippen molar-refractivity contribution in [2.24, 2.45) is 0 Å². The van der Waals surface area contributed by atoms with Crippen LogP contribution in [0, 0.1) is 0 Å². The topological polar surface area (TPSA) is 84.3 Å². The van der Waals surface area contributed by atoms with Gasteiger partial charge in [0.2, 0.25) is 0 Å². The number of nitrogens with zero attached hydrogens (tertiary/aromatic N) is 2. The fourth-order valence-electron chi connectivity index (χ4n) is 1.90. The van der Waals surface area contributed by atoms with Gasteiger partial charge in [0.05, 0.1) is 7.11 Å². The standard InChI is InChI=1S/C16H19N3O3/c1-16(2,3)19-13-9-12(15(20)21)17-14(18-13)10-6-5-7-11(8-10)22-4/h5-9H,1-4H3,(H,20,21)(H,17,18,19). The number of rotatable bonds is 4. The molecule has 0 aliphatic heterocycles. The molecule has 0 bridgehead atoms. The van der Waals surface area contributed by atoms with Crippen LogP contribution in [0.1, 0.15) is 31.3 Å². The summed E-state index contributed by atoms with van der Waals surface area (Å²) < 4.78 is 5.18. The summed E-state index contributed by atoms with van der Waals surface area (Å²) >= 11 is 0. The van der Waals surface area contributed by atoms with E-state index >= 15 is 0 Å². The molecule has 1 heterocycles. The monoisotopic (exact) mass is 301 g/mol. The quantitative estimate of drug-likeness (QED) is 0.903. The number of carboxylic acid groups (broad SMARTS) is 1. The maximum atomic E-state index is 11.3. The minimum absolute atomic E-state index is 0.0560. The van der Waals surface area contributed by atoms with Crippen molar-refractivity contribution in [2.75, 3.05) is 12.4 Å². The lowest BCUT2D eigenvalue weighted by atomic mass is 10.1. The molecular weight excluding hydrogens is 282 g/mol. The van der Waals surface area contributed by atoms with Gasteiger partial charge in [-0.3, -0.25) is 0 Å². The minimum atomic E-state index is -1.09. The number of anilines is 1. The molecule has 6 nitrogen and oxygen atoms in total. The molecule has 0 fully saturated rings. The normalized spacial score (nSPS) is 11.1. The Balaban J connectivity index is 2.52. The van der Waals surface area contributed by atoms with E-state index in [2.05, 4.69) is 15.3 Å². The number of methoxy groups -OCH3 is 1. The lowest BCUT2D eigenvalue weighted by Crippen LogP contribution is -2.27. The summed E-state index contributed by atoms with van der Waals surface area (Å²) in [6, 6.07) is 8.62. The van der Waals surface area contributed by atoms with Crippen LogP contribution < -0.4 is 10.1 Å². The summed E-state index contributed by atoms with van der Waals surface area (Å²) in [6.07, 6.45) is 0. The van der Waals surface area contributed by atoms with Crippen LogP contribution in [0.4, 0.5) is 5.82 Å². The second-order valence-corrected chi connectivity index (χ2v) is 5.87. The highest BCUT2D eigenvalue weighted by molar-refractivity contribution is 5.87.